The highest BCUT2D eigenvalue weighted by Gasteiger charge is 2.12. The van der Waals surface area contributed by atoms with Crippen molar-refractivity contribution >= 4 is 69.5 Å². The number of amides is 1. The Hall–Kier alpha value is -2.35. The van der Waals surface area contributed by atoms with Gasteiger partial charge >= 0.3 is 5.97 Å². The highest BCUT2D eigenvalue weighted by Crippen LogP contribution is 2.29. The normalized spacial score (nSPS) is 10.1. The Morgan fingerprint density at radius 3 is 1.88 bits per heavy atom. The second kappa shape index (κ2) is 8.84. The number of carboxylic acid groups (broad SMARTS) is 1. The van der Waals surface area contributed by atoms with Crippen LogP contribution in [-0.2, 0) is 16.0 Å². The molecule has 0 fully saturated rings. The van der Waals surface area contributed by atoms with Crippen molar-refractivity contribution in [2.24, 2.45) is 0 Å². The SMILES string of the molecule is CC(=O)Nc1ccc(NC(=S)Nc2cc(Cl)c(CC(=O)O)c(Cl)c2)cc1. The fourth-order valence-corrected chi connectivity index (χ4v) is 2.99. The lowest BCUT2D eigenvalue weighted by Crippen LogP contribution is -2.19. The molecule has 0 aliphatic heterocycles. The molecule has 0 aliphatic carbocycles. The molecule has 2 aromatic carbocycles. The van der Waals surface area contributed by atoms with E-state index in [-0.39, 0.29) is 22.4 Å². The summed E-state index contributed by atoms with van der Waals surface area (Å²) in [4.78, 5) is 21.8. The van der Waals surface area contributed by atoms with Crippen LogP contribution in [-0.4, -0.2) is 22.1 Å². The van der Waals surface area contributed by atoms with Gasteiger partial charge in [0.1, 0.15) is 0 Å². The van der Waals surface area contributed by atoms with Crippen molar-refractivity contribution in [1.82, 2.24) is 0 Å². The van der Waals surface area contributed by atoms with E-state index in [1.54, 1.807) is 36.4 Å². The number of carbonyl (C=O) groups excluding carboxylic acids is 1. The Labute approximate surface area is 165 Å². The second-order valence-corrected chi connectivity index (χ2v) is 6.55. The van der Waals surface area contributed by atoms with Gasteiger partial charge in [0.2, 0.25) is 5.91 Å². The van der Waals surface area contributed by atoms with Crippen LogP contribution in [0.3, 0.4) is 0 Å². The topological polar surface area (TPSA) is 90.5 Å². The van der Waals surface area contributed by atoms with Gasteiger partial charge in [-0.25, -0.2) is 0 Å². The molecule has 136 valence electrons. The molecule has 0 bridgehead atoms. The van der Waals surface area contributed by atoms with Gasteiger partial charge in [0.05, 0.1) is 6.42 Å². The molecule has 1 amide bonds. The Morgan fingerprint density at radius 2 is 1.42 bits per heavy atom. The maximum atomic E-state index is 11.0. The zero-order valence-corrected chi connectivity index (χ0v) is 15.9. The van der Waals surface area contributed by atoms with E-state index < -0.39 is 5.97 Å². The fraction of sp³-hybridized carbons (Fsp3) is 0.118. The van der Waals surface area contributed by atoms with Crippen LogP contribution in [0, 0.1) is 0 Å². The van der Waals surface area contributed by atoms with Crippen LogP contribution in [0.5, 0.6) is 0 Å². The van der Waals surface area contributed by atoms with Gasteiger partial charge in [-0.3, -0.25) is 9.59 Å². The Balaban J connectivity index is 2.03. The molecule has 0 atom stereocenters. The van der Waals surface area contributed by atoms with Crippen molar-refractivity contribution in [3.05, 3.63) is 52.0 Å². The van der Waals surface area contributed by atoms with Crippen molar-refractivity contribution in [3.8, 4) is 0 Å². The maximum Gasteiger partial charge on any atom is 0.307 e. The number of hydrogen-bond donors (Lipinski definition) is 4. The molecule has 0 radical (unpaired) electrons. The molecule has 26 heavy (non-hydrogen) atoms. The number of carbonyl (C=O) groups is 2. The maximum absolute atomic E-state index is 11.0. The summed E-state index contributed by atoms with van der Waals surface area (Å²) >= 11 is 17.4. The zero-order chi connectivity index (χ0) is 19.3. The van der Waals surface area contributed by atoms with E-state index in [2.05, 4.69) is 16.0 Å². The highest BCUT2D eigenvalue weighted by atomic mass is 35.5. The molecule has 0 saturated heterocycles. The van der Waals surface area contributed by atoms with Crippen molar-refractivity contribution in [2.75, 3.05) is 16.0 Å². The minimum atomic E-state index is -1.02. The quantitative estimate of drug-likeness (QED) is 0.545. The number of benzene rings is 2. The van der Waals surface area contributed by atoms with E-state index in [1.165, 1.54) is 6.92 Å². The lowest BCUT2D eigenvalue weighted by atomic mass is 10.1. The van der Waals surface area contributed by atoms with E-state index in [9.17, 15) is 9.59 Å². The van der Waals surface area contributed by atoms with Crippen LogP contribution < -0.4 is 16.0 Å². The Bertz CT molecular complexity index is 834. The van der Waals surface area contributed by atoms with Gasteiger partial charge in [0.15, 0.2) is 5.11 Å². The number of halogens is 2. The van der Waals surface area contributed by atoms with Crippen molar-refractivity contribution in [2.45, 2.75) is 13.3 Å². The molecular weight excluding hydrogens is 397 g/mol. The van der Waals surface area contributed by atoms with Crippen molar-refractivity contribution in [3.63, 3.8) is 0 Å². The average Bonchev–Trinajstić information content (AvgIpc) is 2.52. The summed E-state index contributed by atoms with van der Waals surface area (Å²) in [6.45, 7) is 1.43. The van der Waals surface area contributed by atoms with Crippen LogP contribution in [0.25, 0.3) is 0 Å². The Kier molecular flexibility index (Phi) is 6.79. The monoisotopic (exact) mass is 411 g/mol. The third kappa shape index (κ3) is 5.87. The first-order chi connectivity index (χ1) is 12.2. The molecule has 4 N–H and O–H groups in total. The summed E-state index contributed by atoms with van der Waals surface area (Å²) in [7, 11) is 0. The van der Waals surface area contributed by atoms with Gasteiger partial charge in [0, 0.05) is 39.6 Å². The summed E-state index contributed by atoms with van der Waals surface area (Å²) in [6, 6.07) is 10.1. The summed E-state index contributed by atoms with van der Waals surface area (Å²) in [6.07, 6.45) is -0.263. The minimum absolute atomic E-state index is 0.150. The number of carboxylic acids is 1. The van der Waals surface area contributed by atoms with Gasteiger partial charge in [-0.05, 0) is 48.6 Å². The highest BCUT2D eigenvalue weighted by molar-refractivity contribution is 7.80. The van der Waals surface area contributed by atoms with E-state index in [1.807, 2.05) is 0 Å². The van der Waals surface area contributed by atoms with Crippen LogP contribution in [0.15, 0.2) is 36.4 Å². The largest absolute Gasteiger partial charge is 0.481 e. The summed E-state index contributed by atoms with van der Waals surface area (Å²) < 4.78 is 0. The number of nitrogens with one attached hydrogen (secondary N) is 3. The number of aliphatic carboxylic acids is 1. The first kappa shape index (κ1) is 20.0. The zero-order valence-electron chi connectivity index (χ0n) is 13.6. The van der Waals surface area contributed by atoms with Crippen LogP contribution in [0.2, 0.25) is 10.0 Å². The third-order valence-corrected chi connectivity index (χ3v) is 4.07. The summed E-state index contributed by atoms with van der Waals surface area (Å²) in [5.41, 5.74) is 2.27. The van der Waals surface area contributed by atoms with E-state index in [4.69, 9.17) is 40.5 Å². The second-order valence-electron chi connectivity index (χ2n) is 5.33. The lowest BCUT2D eigenvalue weighted by Gasteiger charge is -2.13. The molecular formula is C17H15Cl2N3O3S. The standard InChI is InChI=1S/C17H15Cl2N3O3S/c1-9(23)20-10-2-4-11(5-3-10)21-17(26)22-12-6-14(18)13(8-16(24)25)15(19)7-12/h2-7H,8H2,1H3,(H,20,23)(H,24,25)(H2,21,22,26). The fourth-order valence-electron chi connectivity index (χ4n) is 2.13. The predicted octanol–water partition coefficient (Wildman–Crippen LogP) is 4.39. The van der Waals surface area contributed by atoms with Gasteiger partial charge in [-0.2, -0.15) is 0 Å². The molecule has 0 spiro atoms. The van der Waals surface area contributed by atoms with E-state index in [0.717, 1.165) is 5.69 Å². The lowest BCUT2D eigenvalue weighted by molar-refractivity contribution is -0.136. The molecule has 2 aromatic rings. The van der Waals surface area contributed by atoms with Crippen molar-refractivity contribution < 1.29 is 14.7 Å². The van der Waals surface area contributed by atoms with Gasteiger partial charge in [0.25, 0.3) is 0 Å². The van der Waals surface area contributed by atoms with Gasteiger partial charge in [-0.1, -0.05) is 23.2 Å². The molecule has 0 heterocycles. The molecule has 0 aliphatic rings. The molecule has 0 aromatic heterocycles. The smallest absolute Gasteiger partial charge is 0.307 e. The number of anilines is 3. The predicted molar refractivity (Wildman–Crippen MR) is 108 cm³/mol. The number of thiocarbonyl (C=S) groups is 1. The van der Waals surface area contributed by atoms with Crippen LogP contribution in [0.1, 0.15) is 12.5 Å². The molecule has 0 unspecified atom stereocenters. The first-order valence-electron chi connectivity index (χ1n) is 7.40. The molecule has 9 heteroatoms. The van der Waals surface area contributed by atoms with E-state index in [0.29, 0.717) is 22.1 Å². The number of rotatable bonds is 5. The van der Waals surface area contributed by atoms with Gasteiger partial charge < -0.3 is 21.1 Å². The van der Waals surface area contributed by atoms with Crippen LogP contribution >= 0.6 is 35.4 Å². The minimum Gasteiger partial charge on any atom is -0.481 e. The van der Waals surface area contributed by atoms with Crippen LogP contribution in [0.4, 0.5) is 17.1 Å². The third-order valence-electron chi connectivity index (χ3n) is 3.19. The molecule has 2 rings (SSSR count). The van der Waals surface area contributed by atoms with Gasteiger partial charge in [-0.15, -0.1) is 0 Å². The summed E-state index contributed by atoms with van der Waals surface area (Å²) in [5, 5.41) is 18.2. The average molecular weight is 412 g/mol. The number of hydrogen-bond acceptors (Lipinski definition) is 3. The molecule has 6 nitrogen and oxygen atoms in total. The first-order valence-corrected chi connectivity index (χ1v) is 8.56. The van der Waals surface area contributed by atoms with E-state index >= 15 is 0 Å². The summed E-state index contributed by atoms with van der Waals surface area (Å²) in [5.74, 6) is -1.17. The molecule has 0 saturated carbocycles. The Morgan fingerprint density at radius 1 is 0.962 bits per heavy atom. The van der Waals surface area contributed by atoms with Crippen molar-refractivity contribution in [1.29, 1.82) is 0 Å².